The molecule has 20 heavy (non-hydrogen) atoms. The highest BCUT2D eigenvalue weighted by Gasteiger charge is 2.18. The lowest BCUT2D eigenvalue weighted by Gasteiger charge is -2.16. The van der Waals surface area contributed by atoms with Gasteiger partial charge < -0.3 is 0 Å². The summed E-state index contributed by atoms with van der Waals surface area (Å²) in [4.78, 5) is 0. The van der Waals surface area contributed by atoms with E-state index in [1.54, 1.807) is 42.6 Å². The van der Waals surface area contributed by atoms with Crippen LogP contribution in [0.4, 0.5) is 0 Å². The summed E-state index contributed by atoms with van der Waals surface area (Å²) in [6.07, 6.45) is 0. The molecule has 0 N–H and O–H groups in total. The Morgan fingerprint density at radius 3 is 2.45 bits per heavy atom. The molecule has 2 rings (SSSR count). The van der Waals surface area contributed by atoms with Crippen LogP contribution in [-0.2, 0) is 22.3 Å². The molecule has 0 saturated heterocycles. The van der Waals surface area contributed by atoms with E-state index >= 15 is 0 Å². The lowest BCUT2D eigenvalue weighted by atomic mass is 10.2. The van der Waals surface area contributed by atoms with Crippen LogP contribution < -0.4 is 0 Å². The van der Waals surface area contributed by atoms with Crippen molar-refractivity contribution in [2.24, 2.45) is 0 Å². The van der Waals surface area contributed by atoms with Gasteiger partial charge in [0.25, 0.3) is 0 Å². The number of thiophene rings is 1. The lowest BCUT2D eigenvalue weighted by Crippen LogP contribution is -2.27. The summed E-state index contributed by atoms with van der Waals surface area (Å²) in [6, 6.07) is 10.5. The third-order valence-electron chi connectivity index (χ3n) is 2.89. The first kappa shape index (κ1) is 14.7. The number of benzene rings is 1. The minimum absolute atomic E-state index is 0.0562. The minimum Gasteiger partial charge on any atom is -0.212 e. The van der Waals surface area contributed by atoms with E-state index in [1.807, 2.05) is 22.9 Å². The predicted octanol–water partition coefficient (Wildman–Crippen LogP) is 2.58. The monoisotopic (exact) mass is 306 g/mol. The van der Waals surface area contributed by atoms with E-state index in [9.17, 15) is 8.42 Å². The molecule has 0 saturated carbocycles. The zero-order valence-electron chi connectivity index (χ0n) is 11.0. The van der Waals surface area contributed by atoms with Crippen LogP contribution in [0.25, 0.3) is 0 Å². The van der Waals surface area contributed by atoms with Gasteiger partial charge in [-0.2, -0.15) is 16.6 Å². The normalized spacial score (nSPS) is 11.4. The first-order chi connectivity index (χ1) is 9.51. The van der Waals surface area contributed by atoms with Gasteiger partial charge in [0.05, 0.1) is 17.4 Å². The molecule has 0 bridgehead atoms. The molecule has 6 heteroatoms. The summed E-state index contributed by atoms with van der Waals surface area (Å²) in [5.74, 6) is -0.0562. The van der Waals surface area contributed by atoms with Gasteiger partial charge in [-0.1, -0.05) is 12.1 Å². The predicted molar refractivity (Wildman–Crippen MR) is 79.6 cm³/mol. The van der Waals surface area contributed by atoms with Crippen LogP contribution in [0.15, 0.2) is 41.1 Å². The molecule has 0 aliphatic carbocycles. The van der Waals surface area contributed by atoms with Gasteiger partial charge in [0.15, 0.2) is 0 Å². The summed E-state index contributed by atoms with van der Waals surface area (Å²) in [6.45, 7) is 0.377. The first-order valence-electron chi connectivity index (χ1n) is 5.95. The molecule has 1 aromatic heterocycles. The Hall–Kier alpha value is -1.68. The Morgan fingerprint density at radius 2 is 1.90 bits per heavy atom. The van der Waals surface area contributed by atoms with Gasteiger partial charge >= 0.3 is 0 Å². The molecular formula is C14H14N2O2S2. The highest BCUT2D eigenvalue weighted by Crippen LogP contribution is 2.15. The maximum absolute atomic E-state index is 12.2. The van der Waals surface area contributed by atoms with Gasteiger partial charge in [0.2, 0.25) is 10.0 Å². The molecule has 0 unspecified atom stereocenters. The molecule has 0 aliphatic rings. The lowest BCUT2D eigenvalue weighted by molar-refractivity contribution is 0.466. The molecule has 0 aliphatic heterocycles. The van der Waals surface area contributed by atoms with Crippen molar-refractivity contribution in [2.45, 2.75) is 12.3 Å². The quantitative estimate of drug-likeness (QED) is 0.853. The molecule has 4 nitrogen and oxygen atoms in total. The standard InChI is InChI=1S/C14H14N2O2S2/c1-16(9-14-6-7-19-10-14)20(17,18)11-13-4-2-12(8-15)3-5-13/h2-7,10H,9,11H2,1H3. The summed E-state index contributed by atoms with van der Waals surface area (Å²) in [5.41, 5.74) is 2.19. The molecule has 2 aromatic rings. The molecule has 0 radical (unpaired) electrons. The van der Waals surface area contributed by atoms with Crippen molar-refractivity contribution in [3.05, 3.63) is 57.8 Å². The van der Waals surface area contributed by atoms with Crippen LogP contribution >= 0.6 is 11.3 Å². The van der Waals surface area contributed by atoms with Gasteiger partial charge in [-0.05, 0) is 40.1 Å². The van der Waals surface area contributed by atoms with Gasteiger partial charge in [0.1, 0.15) is 0 Å². The van der Waals surface area contributed by atoms with E-state index in [-0.39, 0.29) is 5.75 Å². The van der Waals surface area contributed by atoms with Crippen molar-refractivity contribution >= 4 is 21.4 Å². The van der Waals surface area contributed by atoms with Gasteiger partial charge in [0, 0.05) is 13.6 Å². The van der Waals surface area contributed by atoms with Crippen LogP contribution in [0.3, 0.4) is 0 Å². The van der Waals surface area contributed by atoms with E-state index in [4.69, 9.17) is 5.26 Å². The van der Waals surface area contributed by atoms with Crippen molar-refractivity contribution in [1.29, 1.82) is 5.26 Å². The first-order valence-corrected chi connectivity index (χ1v) is 8.50. The maximum Gasteiger partial charge on any atom is 0.218 e. The number of rotatable bonds is 5. The SMILES string of the molecule is CN(Cc1ccsc1)S(=O)(=O)Cc1ccc(C#N)cc1. The maximum atomic E-state index is 12.2. The second-order valence-electron chi connectivity index (χ2n) is 4.45. The van der Waals surface area contributed by atoms with Crippen LogP contribution in [0.2, 0.25) is 0 Å². The van der Waals surface area contributed by atoms with Gasteiger partial charge in [-0.15, -0.1) is 0 Å². The summed E-state index contributed by atoms with van der Waals surface area (Å²) in [7, 11) is -1.77. The van der Waals surface area contributed by atoms with Crippen molar-refractivity contribution in [2.75, 3.05) is 7.05 Å². The fourth-order valence-corrected chi connectivity index (χ4v) is 3.57. The zero-order chi connectivity index (χ0) is 14.6. The number of hydrogen-bond acceptors (Lipinski definition) is 4. The van der Waals surface area contributed by atoms with E-state index < -0.39 is 10.0 Å². The third-order valence-corrected chi connectivity index (χ3v) is 5.40. The van der Waals surface area contributed by atoms with E-state index in [0.717, 1.165) is 5.56 Å². The molecule has 1 heterocycles. The summed E-state index contributed by atoms with van der Waals surface area (Å²) in [5, 5.41) is 12.6. The molecule has 0 atom stereocenters. The second kappa shape index (κ2) is 6.18. The Morgan fingerprint density at radius 1 is 1.20 bits per heavy atom. The molecule has 1 aromatic carbocycles. The fourth-order valence-electron chi connectivity index (χ4n) is 1.73. The molecular weight excluding hydrogens is 292 g/mol. The van der Waals surface area contributed by atoms with Gasteiger partial charge in [-0.25, -0.2) is 12.7 Å². The topological polar surface area (TPSA) is 61.2 Å². The Balaban J connectivity index is 2.08. The third kappa shape index (κ3) is 3.67. The highest BCUT2D eigenvalue weighted by atomic mass is 32.2. The molecule has 0 spiro atoms. The van der Waals surface area contributed by atoms with Gasteiger partial charge in [-0.3, -0.25) is 0 Å². The van der Waals surface area contributed by atoms with Crippen LogP contribution in [0, 0.1) is 11.3 Å². The van der Waals surface area contributed by atoms with E-state index in [2.05, 4.69) is 0 Å². The second-order valence-corrected chi connectivity index (χ2v) is 7.31. The summed E-state index contributed by atoms with van der Waals surface area (Å²) >= 11 is 1.55. The highest BCUT2D eigenvalue weighted by molar-refractivity contribution is 7.88. The average molecular weight is 306 g/mol. The number of hydrogen-bond donors (Lipinski definition) is 0. The Labute approximate surface area is 123 Å². The Bertz CT molecular complexity index is 699. The zero-order valence-corrected chi connectivity index (χ0v) is 12.6. The van der Waals surface area contributed by atoms with Crippen molar-refractivity contribution in [3.8, 4) is 6.07 Å². The fraction of sp³-hybridized carbons (Fsp3) is 0.214. The van der Waals surface area contributed by atoms with Crippen molar-refractivity contribution in [3.63, 3.8) is 0 Å². The van der Waals surface area contributed by atoms with Crippen molar-refractivity contribution < 1.29 is 8.42 Å². The minimum atomic E-state index is -3.35. The molecule has 0 fully saturated rings. The van der Waals surface area contributed by atoms with Crippen molar-refractivity contribution in [1.82, 2.24) is 4.31 Å². The molecule has 0 amide bonds. The largest absolute Gasteiger partial charge is 0.218 e. The smallest absolute Gasteiger partial charge is 0.212 e. The number of nitrogens with zero attached hydrogens (tertiary/aromatic N) is 2. The van der Waals surface area contributed by atoms with E-state index in [0.29, 0.717) is 17.7 Å². The van der Waals surface area contributed by atoms with Crippen LogP contribution in [-0.4, -0.2) is 19.8 Å². The Kier molecular flexibility index (Phi) is 4.55. The van der Waals surface area contributed by atoms with E-state index in [1.165, 1.54) is 4.31 Å². The van der Waals surface area contributed by atoms with Crippen LogP contribution in [0.1, 0.15) is 16.7 Å². The number of sulfonamides is 1. The van der Waals surface area contributed by atoms with Crippen LogP contribution in [0.5, 0.6) is 0 Å². The average Bonchev–Trinajstić information content (AvgIpc) is 2.92. The molecule has 104 valence electrons. The summed E-state index contributed by atoms with van der Waals surface area (Å²) < 4.78 is 25.8. The number of nitriles is 1.